The van der Waals surface area contributed by atoms with E-state index < -0.39 is 0 Å². The molecule has 0 bridgehead atoms. The smallest absolute Gasteiger partial charge is 0.114 e. The van der Waals surface area contributed by atoms with Gasteiger partial charge in [-0.1, -0.05) is 28.4 Å². The van der Waals surface area contributed by atoms with E-state index in [-0.39, 0.29) is 0 Å². The van der Waals surface area contributed by atoms with E-state index in [4.69, 9.17) is 23.2 Å². The van der Waals surface area contributed by atoms with Gasteiger partial charge < -0.3 is 5.32 Å². The third-order valence-corrected chi connectivity index (χ3v) is 3.40. The average Bonchev–Trinajstić information content (AvgIpc) is 2.64. The number of halogens is 2. The van der Waals surface area contributed by atoms with Crippen molar-refractivity contribution in [3.05, 3.63) is 34.4 Å². The van der Waals surface area contributed by atoms with Crippen molar-refractivity contribution in [3.63, 3.8) is 0 Å². The molecule has 0 amide bonds. The number of benzene rings is 1. The zero-order valence-corrected chi connectivity index (χ0v) is 10.4. The van der Waals surface area contributed by atoms with Gasteiger partial charge in [-0.25, -0.2) is 4.68 Å². The molecule has 1 aliphatic rings. The topological polar surface area (TPSA) is 42.7 Å². The summed E-state index contributed by atoms with van der Waals surface area (Å²) in [5, 5.41) is 12.7. The van der Waals surface area contributed by atoms with Gasteiger partial charge in [0.2, 0.25) is 0 Å². The third kappa shape index (κ3) is 2.04. The second-order valence-corrected chi connectivity index (χ2v) is 4.86. The maximum atomic E-state index is 6.13. The zero-order valence-electron chi connectivity index (χ0n) is 8.90. The van der Waals surface area contributed by atoms with Crippen LogP contribution in [0.25, 0.3) is 11.3 Å². The van der Waals surface area contributed by atoms with Gasteiger partial charge in [-0.2, -0.15) is 0 Å². The normalized spacial score (nSPS) is 15.9. The molecule has 1 aromatic heterocycles. The van der Waals surface area contributed by atoms with Crippen LogP contribution in [0.15, 0.2) is 24.4 Å². The van der Waals surface area contributed by atoms with E-state index in [1.54, 1.807) is 12.1 Å². The van der Waals surface area contributed by atoms with Crippen LogP contribution in [0.4, 0.5) is 0 Å². The number of hydrogen-bond donors (Lipinski definition) is 1. The molecule has 2 aromatic rings. The first-order valence-corrected chi connectivity index (χ1v) is 6.07. The van der Waals surface area contributed by atoms with Crippen LogP contribution in [-0.4, -0.2) is 28.1 Å². The Morgan fingerprint density at radius 1 is 1.29 bits per heavy atom. The van der Waals surface area contributed by atoms with Crippen molar-refractivity contribution in [3.8, 4) is 11.3 Å². The van der Waals surface area contributed by atoms with Crippen LogP contribution >= 0.6 is 23.2 Å². The van der Waals surface area contributed by atoms with Crippen LogP contribution in [0.3, 0.4) is 0 Å². The number of rotatable bonds is 2. The largest absolute Gasteiger partial charge is 0.312 e. The molecule has 1 N–H and O–H groups in total. The van der Waals surface area contributed by atoms with E-state index in [1.165, 1.54) is 0 Å². The highest BCUT2D eigenvalue weighted by Crippen LogP contribution is 2.29. The molecule has 0 radical (unpaired) electrons. The molecule has 0 saturated carbocycles. The second-order valence-electron chi connectivity index (χ2n) is 4.02. The number of hydrogen-bond acceptors (Lipinski definition) is 3. The number of nitrogens with one attached hydrogen (secondary N) is 1. The Morgan fingerprint density at radius 2 is 2.12 bits per heavy atom. The minimum Gasteiger partial charge on any atom is -0.312 e. The molecule has 0 spiro atoms. The summed E-state index contributed by atoms with van der Waals surface area (Å²) in [5.41, 5.74) is 1.63. The van der Waals surface area contributed by atoms with Crippen molar-refractivity contribution in [2.24, 2.45) is 0 Å². The lowest BCUT2D eigenvalue weighted by atomic mass is 10.1. The fraction of sp³-hybridized carbons (Fsp3) is 0.273. The third-order valence-electron chi connectivity index (χ3n) is 2.85. The second kappa shape index (κ2) is 4.29. The van der Waals surface area contributed by atoms with Gasteiger partial charge in [0.1, 0.15) is 5.69 Å². The lowest BCUT2D eigenvalue weighted by molar-refractivity contribution is 0.313. The Bertz CT molecular complexity index is 548. The highest BCUT2D eigenvalue weighted by Gasteiger charge is 2.20. The minimum absolute atomic E-state index is 0.405. The average molecular weight is 269 g/mol. The maximum Gasteiger partial charge on any atom is 0.114 e. The van der Waals surface area contributed by atoms with E-state index in [0.717, 1.165) is 24.3 Å². The molecule has 1 aliphatic heterocycles. The lowest BCUT2D eigenvalue weighted by Crippen LogP contribution is -2.43. The highest BCUT2D eigenvalue weighted by atomic mass is 35.5. The molecular formula is C11H10Cl2N4. The van der Waals surface area contributed by atoms with Crippen molar-refractivity contribution in [2.45, 2.75) is 6.04 Å². The molecular weight excluding hydrogens is 259 g/mol. The Balaban J connectivity index is 1.94. The van der Waals surface area contributed by atoms with Gasteiger partial charge in [0.25, 0.3) is 0 Å². The van der Waals surface area contributed by atoms with Gasteiger partial charge in [-0.05, 0) is 18.2 Å². The first-order valence-electron chi connectivity index (χ1n) is 5.32. The van der Waals surface area contributed by atoms with Crippen molar-refractivity contribution < 1.29 is 0 Å². The van der Waals surface area contributed by atoms with Gasteiger partial charge in [0.15, 0.2) is 0 Å². The molecule has 0 aliphatic carbocycles. The molecule has 4 nitrogen and oxygen atoms in total. The molecule has 1 fully saturated rings. The van der Waals surface area contributed by atoms with Crippen LogP contribution in [0.1, 0.15) is 6.04 Å². The monoisotopic (exact) mass is 268 g/mol. The van der Waals surface area contributed by atoms with E-state index in [9.17, 15) is 0 Å². The first kappa shape index (κ1) is 11.0. The Labute approximate surface area is 109 Å². The summed E-state index contributed by atoms with van der Waals surface area (Å²) in [4.78, 5) is 0. The van der Waals surface area contributed by atoms with E-state index >= 15 is 0 Å². The summed E-state index contributed by atoms with van der Waals surface area (Å²) in [6.07, 6.45) is 1.92. The molecule has 1 aromatic carbocycles. The van der Waals surface area contributed by atoms with E-state index in [1.807, 2.05) is 16.9 Å². The molecule has 1 saturated heterocycles. The summed E-state index contributed by atoms with van der Waals surface area (Å²) in [7, 11) is 0. The van der Waals surface area contributed by atoms with Gasteiger partial charge >= 0.3 is 0 Å². The number of nitrogens with zero attached hydrogens (tertiary/aromatic N) is 3. The lowest BCUT2D eigenvalue weighted by Gasteiger charge is -2.26. The Morgan fingerprint density at radius 3 is 2.76 bits per heavy atom. The predicted octanol–water partition coefficient (Wildman–Crippen LogP) is 2.40. The summed E-state index contributed by atoms with van der Waals surface area (Å²) in [6, 6.07) is 5.77. The van der Waals surface area contributed by atoms with Crippen molar-refractivity contribution in [2.75, 3.05) is 13.1 Å². The molecule has 6 heteroatoms. The Hall–Kier alpha value is -1.10. The fourth-order valence-electron chi connectivity index (χ4n) is 1.74. The van der Waals surface area contributed by atoms with E-state index in [0.29, 0.717) is 16.1 Å². The van der Waals surface area contributed by atoms with Gasteiger partial charge in [0.05, 0.1) is 17.3 Å². The molecule has 3 rings (SSSR count). The zero-order chi connectivity index (χ0) is 11.8. The van der Waals surface area contributed by atoms with Crippen LogP contribution in [0, 0.1) is 0 Å². The van der Waals surface area contributed by atoms with Gasteiger partial charge in [0, 0.05) is 23.7 Å². The minimum atomic E-state index is 0.405. The molecule has 2 heterocycles. The highest BCUT2D eigenvalue weighted by molar-refractivity contribution is 6.36. The summed E-state index contributed by atoms with van der Waals surface area (Å²) >= 11 is 12.0. The summed E-state index contributed by atoms with van der Waals surface area (Å²) < 4.78 is 1.87. The van der Waals surface area contributed by atoms with Crippen molar-refractivity contribution >= 4 is 23.2 Å². The SMILES string of the molecule is Clc1ccc(-c2cn(C3CNC3)nn2)c(Cl)c1. The van der Waals surface area contributed by atoms with Crippen LogP contribution in [-0.2, 0) is 0 Å². The Kier molecular flexibility index (Phi) is 2.78. The van der Waals surface area contributed by atoms with Gasteiger partial charge in [-0.3, -0.25) is 0 Å². The molecule has 0 unspecified atom stereocenters. The quantitative estimate of drug-likeness (QED) is 0.910. The summed E-state index contributed by atoms with van der Waals surface area (Å²) in [5.74, 6) is 0. The van der Waals surface area contributed by atoms with Crippen molar-refractivity contribution in [1.29, 1.82) is 0 Å². The fourth-order valence-corrected chi connectivity index (χ4v) is 2.24. The molecule has 0 atom stereocenters. The maximum absolute atomic E-state index is 6.13. The van der Waals surface area contributed by atoms with E-state index in [2.05, 4.69) is 15.6 Å². The molecule has 17 heavy (non-hydrogen) atoms. The van der Waals surface area contributed by atoms with Gasteiger partial charge in [-0.15, -0.1) is 5.10 Å². The number of aromatic nitrogens is 3. The molecule has 88 valence electrons. The van der Waals surface area contributed by atoms with Crippen molar-refractivity contribution in [1.82, 2.24) is 20.3 Å². The predicted molar refractivity (Wildman–Crippen MR) is 67.4 cm³/mol. The van der Waals surface area contributed by atoms with Crippen LogP contribution in [0.5, 0.6) is 0 Å². The summed E-state index contributed by atoms with van der Waals surface area (Å²) in [6.45, 7) is 1.88. The first-order chi connectivity index (χ1) is 8.24. The standard InChI is InChI=1S/C11H10Cl2N4/c12-7-1-2-9(10(13)3-7)11-6-17(16-15-11)8-4-14-5-8/h1-3,6,8,14H,4-5H2. The van der Waals surface area contributed by atoms with Crippen LogP contribution < -0.4 is 5.32 Å². The van der Waals surface area contributed by atoms with Crippen LogP contribution in [0.2, 0.25) is 10.0 Å².